The van der Waals surface area contributed by atoms with E-state index in [4.69, 9.17) is 0 Å². The molecule has 2 rings (SSSR count). The van der Waals surface area contributed by atoms with Gasteiger partial charge in [-0.25, -0.2) is 8.42 Å². The molecule has 3 nitrogen and oxygen atoms in total. The number of thiophene rings is 1. The molecule has 0 unspecified atom stereocenters. The lowest BCUT2D eigenvalue weighted by molar-refractivity contribution is 0.408. The van der Waals surface area contributed by atoms with Crippen molar-refractivity contribution in [1.29, 1.82) is 0 Å². The normalized spacial score (nSPS) is 11.9. The molecule has 0 saturated carbocycles. The standard InChI is InChI=1S/C14H17NO2S2/c1-2-10-15(12-13-7-6-11-18-13)19(16,17)14-8-4-3-5-9-14/h3-9,11H,2,10,12H2,1H3. The summed E-state index contributed by atoms with van der Waals surface area (Å²) >= 11 is 1.58. The minimum absolute atomic E-state index is 0.361. The lowest BCUT2D eigenvalue weighted by atomic mass is 10.4. The molecule has 5 heteroatoms. The van der Waals surface area contributed by atoms with Gasteiger partial charge in [0.1, 0.15) is 0 Å². The van der Waals surface area contributed by atoms with E-state index in [0.717, 1.165) is 11.3 Å². The SMILES string of the molecule is CCCN(Cc1cccs1)S(=O)(=O)c1ccccc1. The molecule has 0 aliphatic carbocycles. The van der Waals surface area contributed by atoms with Crippen LogP contribution >= 0.6 is 11.3 Å². The molecule has 1 aromatic carbocycles. The predicted molar refractivity (Wildman–Crippen MR) is 78.6 cm³/mol. The van der Waals surface area contributed by atoms with E-state index in [1.165, 1.54) is 0 Å². The summed E-state index contributed by atoms with van der Waals surface area (Å²) in [4.78, 5) is 1.42. The van der Waals surface area contributed by atoms with Crippen LogP contribution in [0.4, 0.5) is 0 Å². The zero-order valence-electron chi connectivity index (χ0n) is 10.8. The van der Waals surface area contributed by atoms with E-state index in [2.05, 4.69) is 0 Å². The number of rotatable bonds is 6. The molecular weight excluding hydrogens is 278 g/mol. The fraction of sp³-hybridized carbons (Fsp3) is 0.286. The van der Waals surface area contributed by atoms with E-state index < -0.39 is 10.0 Å². The van der Waals surface area contributed by atoms with E-state index in [1.54, 1.807) is 39.9 Å². The van der Waals surface area contributed by atoms with E-state index in [1.807, 2.05) is 30.5 Å². The highest BCUT2D eigenvalue weighted by molar-refractivity contribution is 7.89. The van der Waals surface area contributed by atoms with Gasteiger partial charge in [0, 0.05) is 18.0 Å². The van der Waals surface area contributed by atoms with Crippen LogP contribution in [-0.4, -0.2) is 19.3 Å². The number of benzene rings is 1. The van der Waals surface area contributed by atoms with Crippen molar-refractivity contribution in [2.24, 2.45) is 0 Å². The van der Waals surface area contributed by atoms with Crippen molar-refractivity contribution in [3.8, 4) is 0 Å². The van der Waals surface area contributed by atoms with E-state index in [9.17, 15) is 8.42 Å². The smallest absolute Gasteiger partial charge is 0.207 e. The molecule has 0 bridgehead atoms. The van der Waals surface area contributed by atoms with Crippen molar-refractivity contribution in [3.05, 3.63) is 52.7 Å². The average molecular weight is 295 g/mol. The summed E-state index contributed by atoms with van der Waals surface area (Å²) in [7, 11) is -3.40. The third-order valence-electron chi connectivity index (χ3n) is 2.77. The summed E-state index contributed by atoms with van der Waals surface area (Å²) in [5.41, 5.74) is 0. The summed E-state index contributed by atoms with van der Waals surface area (Å²) < 4.78 is 26.7. The van der Waals surface area contributed by atoms with Gasteiger partial charge >= 0.3 is 0 Å². The first-order valence-corrected chi connectivity index (χ1v) is 8.54. The Morgan fingerprint density at radius 1 is 1.11 bits per heavy atom. The lowest BCUT2D eigenvalue weighted by Crippen LogP contribution is -2.31. The number of hydrogen-bond acceptors (Lipinski definition) is 3. The van der Waals surface area contributed by atoms with Crippen LogP contribution in [0, 0.1) is 0 Å². The van der Waals surface area contributed by atoms with Crippen LogP contribution < -0.4 is 0 Å². The third kappa shape index (κ3) is 3.43. The van der Waals surface area contributed by atoms with Crippen molar-refractivity contribution >= 4 is 21.4 Å². The Kier molecular flexibility index (Phi) is 4.74. The van der Waals surface area contributed by atoms with Crippen molar-refractivity contribution in [1.82, 2.24) is 4.31 Å². The predicted octanol–water partition coefficient (Wildman–Crippen LogP) is 3.35. The molecule has 0 aliphatic rings. The first-order chi connectivity index (χ1) is 9.14. The average Bonchev–Trinajstić information content (AvgIpc) is 2.92. The molecule has 0 saturated heterocycles. The highest BCUT2D eigenvalue weighted by Crippen LogP contribution is 2.20. The van der Waals surface area contributed by atoms with Crippen molar-refractivity contribution in [2.45, 2.75) is 24.8 Å². The Morgan fingerprint density at radius 3 is 2.42 bits per heavy atom. The molecule has 102 valence electrons. The monoisotopic (exact) mass is 295 g/mol. The molecule has 0 atom stereocenters. The first kappa shape index (κ1) is 14.2. The van der Waals surface area contributed by atoms with E-state index >= 15 is 0 Å². The minimum atomic E-state index is -3.40. The molecule has 0 spiro atoms. The summed E-state index contributed by atoms with van der Waals surface area (Å²) in [6, 6.07) is 12.5. The van der Waals surface area contributed by atoms with Gasteiger partial charge in [0.05, 0.1) is 4.90 Å². The topological polar surface area (TPSA) is 37.4 Å². The molecule has 0 radical (unpaired) electrons. The number of sulfonamides is 1. The molecule has 19 heavy (non-hydrogen) atoms. The van der Waals surface area contributed by atoms with E-state index in [-0.39, 0.29) is 0 Å². The Hall–Kier alpha value is -1.17. The molecule has 0 amide bonds. The Bertz CT molecular complexity index is 592. The van der Waals surface area contributed by atoms with E-state index in [0.29, 0.717) is 18.0 Å². The fourth-order valence-corrected chi connectivity index (χ4v) is 4.18. The highest BCUT2D eigenvalue weighted by Gasteiger charge is 2.23. The molecule has 0 aliphatic heterocycles. The van der Waals surface area contributed by atoms with Gasteiger partial charge in [-0.05, 0) is 30.0 Å². The lowest BCUT2D eigenvalue weighted by Gasteiger charge is -2.21. The van der Waals surface area contributed by atoms with Crippen molar-refractivity contribution in [2.75, 3.05) is 6.54 Å². The van der Waals surface area contributed by atoms with Gasteiger partial charge in [0.15, 0.2) is 0 Å². The van der Waals surface area contributed by atoms with Crippen molar-refractivity contribution < 1.29 is 8.42 Å². The number of hydrogen-bond donors (Lipinski definition) is 0. The summed E-state index contributed by atoms with van der Waals surface area (Å²) in [6.45, 7) is 2.97. The van der Waals surface area contributed by atoms with Crippen LogP contribution in [0.3, 0.4) is 0 Å². The third-order valence-corrected chi connectivity index (χ3v) is 5.49. The summed E-state index contributed by atoms with van der Waals surface area (Å²) in [5, 5.41) is 1.97. The second-order valence-electron chi connectivity index (χ2n) is 4.23. The maximum atomic E-state index is 12.6. The number of nitrogens with zero attached hydrogens (tertiary/aromatic N) is 1. The molecule has 1 heterocycles. The van der Waals surface area contributed by atoms with Gasteiger partial charge in [-0.2, -0.15) is 4.31 Å². The molecule has 0 N–H and O–H groups in total. The summed E-state index contributed by atoms with van der Waals surface area (Å²) in [5.74, 6) is 0. The second kappa shape index (κ2) is 6.32. The summed E-state index contributed by atoms with van der Waals surface area (Å²) in [6.07, 6.45) is 0.803. The second-order valence-corrected chi connectivity index (χ2v) is 7.20. The zero-order valence-corrected chi connectivity index (χ0v) is 12.5. The van der Waals surface area contributed by atoms with Gasteiger partial charge in [0.2, 0.25) is 10.0 Å². The maximum absolute atomic E-state index is 12.6. The van der Waals surface area contributed by atoms with Crippen LogP contribution in [0.25, 0.3) is 0 Å². The Morgan fingerprint density at radius 2 is 1.84 bits per heavy atom. The molecule has 2 aromatic rings. The quantitative estimate of drug-likeness (QED) is 0.819. The largest absolute Gasteiger partial charge is 0.243 e. The van der Waals surface area contributed by atoms with Gasteiger partial charge in [-0.1, -0.05) is 31.2 Å². The van der Waals surface area contributed by atoms with Crippen LogP contribution in [0.2, 0.25) is 0 Å². The highest BCUT2D eigenvalue weighted by atomic mass is 32.2. The Balaban J connectivity index is 2.28. The van der Waals surface area contributed by atoms with Crippen LogP contribution in [0.1, 0.15) is 18.2 Å². The molecular formula is C14H17NO2S2. The minimum Gasteiger partial charge on any atom is -0.207 e. The Labute approximate surface area is 118 Å². The van der Waals surface area contributed by atoms with Gasteiger partial charge < -0.3 is 0 Å². The molecule has 1 aromatic heterocycles. The van der Waals surface area contributed by atoms with Gasteiger partial charge in [-0.15, -0.1) is 11.3 Å². The van der Waals surface area contributed by atoms with Crippen LogP contribution in [0.15, 0.2) is 52.7 Å². The van der Waals surface area contributed by atoms with Crippen LogP contribution in [0.5, 0.6) is 0 Å². The molecule has 0 fully saturated rings. The van der Waals surface area contributed by atoms with Crippen LogP contribution in [-0.2, 0) is 16.6 Å². The zero-order chi connectivity index (χ0) is 13.7. The van der Waals surface area contributed by atoms with Crippen molar-refractivity contribution in [3.63, 3.8) is 0 Å². The maximum Gasteiger partial charge on any atom is 0.243 e. The van der Waals surface area contributed by atoms with Gasteiger partial charge in [0.25, 0.3) is 0 Å². The fourth-order valence-electron chi connectivity index (χ4n) is 1.85. The van der Waals surface area contributed by atoms with Gasteiger partial charge in [-0.3, -0.25) is 0 Å². The first-order valence-electron chi connectivity index (χ1n) is 6.22.